The van der Waals surface area contributed by atoms with Crippen molar-refractivity contribution in [2.24, 2.45) is 5.92 Å². The number of hydrogen-bond acceptors (Lipinski definition) is 5. The summed E-state index contributed by atoms with van der Waals surface area (Å²) < 4.78 is 29.8. The summed E-state index contributed by atoms with van der Waals surface area (Å²) in [6.07, 6.45) is -0.159. The highest BCUT2D eigenvalue weighted by Gasteiger charge is 2.23. The van der Waals surface area contributed by atoms with E-state index >= 15 is 0 Å². The van der Waals surface area contributed by atoms with Gasteiger partial charge in [-0.2, -0.15) is 5.26 Å². The molecule has 0 rings (SSSR count). The lowest BCUT2D eigenvalue weighted by molar-refractivity contribution is -0.142. The molecule has 18 heavy (non-hydrogen) atoms. The van der Waals surface area contributed by atoms with E-state index in [0.29, 0.717) is 0 Å². The Bertz CT molecular complexity index is 400. The van der Waals surface area contributed by atoms with Crippen LogP contribution in [0.4, 0.5) is 0 Å². The SMILES string of the molecule is CCOC(=O)CCS(=O)(=O)N(CC)CC(C)C#N. The number of ether oxygens (including phenoxy) is 1. The number of rotatable bonds is 8. The lowest BCUT2D eigenvalue weighted by Crippen LogP contribution is -2.36. The van der Waals surface area contributed by atoms with Crippen molar-refractivity contribution in [1.29, 1.82) is 5.26 Å². The minimum absolute atomic E-state index is 0.151. The molecule has 0 aliphatic heterocycles. The summed E-state index contributed by atoms with van der Waals surface area (Å²) in [4.78, 5) is 11.1. The van der Waals surface area contributed by atoms with E-state index in [-0.39, 0.29) is 37.8 Å². The average molecular weight is 276 g/mol. The maximum absolute atomic E-state index is 11.9. The van der Waals surface area contributed by atoms with Crippen LogP contribution in [0.15, 0.2) is 0 Å². The van der Waals surface area contributed by atoms with Crippen LogP contribution >= 0.6 is 0 Å². The number of esters is 1. The quantitative estimate of drug-likeness (QED) is 0.610. The summed E-state index contributed by atoms with van der Waals surface area (Å²) in [6.45, 7) is 5.70. The summed E-state index contributed by atoms with van der Waals surface area (Å²) in [5.41, 5.74) is 0. The maximum Gasteiger partial charge on any atom is 0.306 e. The van der Waals surface area contributed by atoms with Crippen molar-refractivity contribution in [2.45, 2.75) is 27.2 Å². The fourth-order valence-electron chi connectivity index (χ4n) is 1.36. The molecule has 0 amide bonds. The second-order valence-corrected chi connectivity index (χ2v) is 5.94. The van der Waals surface area contributed by atoms with Crippen LogP contribution in [-0.4, -0.2) is 44.1 Å². The number of nitriles is 1. The van der Waals surface area contributed by atoms with E-state index in [1.165, 1.54) is 4.31 Å². The predicted molar refractivity (Wildman–Crippen MR) is 67.1 cm³/mol. The Balaban J connectivity index is 4.50. The van der Waals surface area contributed by atoms with Gasteiger partial charge in [0.1, 0.15) is 0 Å². The molecule has 0 aromatic rings. The van der Waals surface area contributed by atoms with Gasteiger partial charge in [-0.1, -0.05) is 6.92 Å². The molecule has 1 atom stereocenters. The van der Waals surface area contributed by atoms with Crippen LogP contribution in [-0.2, 0) is 19.6 Å². The van der Waals surface area contributed by atoms with Crippen LogP contribution < -0.4 is 0 Å². The zero-order chi connectivity index (χ0) is 14.2. The van der Waals surface area contributed by atoms with E-state index in [1.807, 2.05) is 6.07 Å². The molecule has 0 fully saturated rings. The molecular weight excluding hydrogens is 256 g/mol. The molecule has 104 valence electrons. The molecule has 0 saturated heterocycles. The van der Waals surface area contributed by atoms with E-state index in [0.717, 1.165) is 0 Å². The first-order valence-electron chi connectivity index (χ1n) is 5.90. The number of hydrogen-bond donors (Lipinski definition) is 0. The first-order chi connectivity index (χ1) is 8.37. The van der Waals surface area contributed by atoms with E-state index in [4.69, 9.17) is 5.26 Å². The number of sulfonamides is 1. The zero-order valence-corrected chi connectivity index (χ0v) is 11.9. The van der Waals surface area contributed by atoms with Crippen LogP contribution in [0.1, 0.15) is 27.2 Å². The van der Waals surface area contributed by atoms with Gasteiger partial charge in [0.2, 0.25) is 10.0 Å². The topological polar surface area (TPSA) is 87.5 Å². The summed E-state index contributed by atoms with van der Waals surface area (Å²) in [7, 11) is -3.51. The molecule has 0 aliphatic carbocycles. The minimum Gasteiger partial charge on any atom is -0.466 e. The van der Waals surface area contributed by atoms with Gasteiger partial charge in [0.25, 0.3) is 0 Å². The van der Waals surface area contributed by atoms with Crippen molar-refractivity contribution in [3.63, 3.8) is 0 Å². The summed E-state index contributed by atoms with van der Waals surface area (Å²) in [6, 6.07) is 1.99. The minimum atomic E-state index is -3.51. The van der Waals surface area contributed by atoms with Gasteiger partial charge in [0.05, 0.1) is 30.8 Å². The van der Waals surface area contributed by atoms with Gasteiger partial charge >= 0.3 is 5.97 Å². The number of carbonyl (C=O) groups is 1. The molecule has 1 unspecified atom stereocenters. The third kappa shape index (κ3) is 5.98. The Morgan fingerprint density at radius 1 is 1.44 bits per heavy atom. The van der Waals surface area contributed by atoms with Crippen molar-refractivity contribution in [1.82, 2.24) is 4.31 Å². The normalized spacial score (nSPS) is 13.1. The molecule has 0 bridgehead atoms. The molecule has 0 heterocycles. The van der Waals surface area contributed by atoms with Gasteiger partial charge < -0.3 is 4.74 Å². The van der Waals surface area contributed by atoms with Crippen LogP contribution in [0.2, 0.25) is 0 Å². The molecule has 0 aliphatic rings. The summed E-state index contributed by atoms with van der Waals surface area (Å²) in [5, 5.41) is 8.69. The Morgan fingerprint density at radius 3 is 2.50 bits per heavy atom. The fraction of sp³-hybridized carbons (Fsp3) is 0.818. The highest BCUT2D eigenvalue weighted by atomic mass is 32.2. The monoisotopic (exact) mass is 276 g/mol. The highest BCUT2D eigenvalue weighted by molar-refractivity contribution is 7.89. The molecule has 0 radical (unpaired) electrons. The van der Waals surface area contributed by atoms with Crippen molar-refractivity contribution in [3.05, 3.63) is 0 Å². The van der Waals surface area contributed by atoms with Crippen LogP contribution in [0, 0.1) is 17.2 Å². The van der Waals surface area contributed by atoms with Crippen LogP contribution in [0.5, 0.6) is 0 Å². The predicted octanol–water partition coefficient (Wildman–Crippen LogP) is 0.751. The lowest BCUT2D eigenvalue weighted by Gasteiger charge is -2.21. The first-order valence-corrected chi connectivity index (χ1v) is 7.51. The lowest BCUT2D eigenvalue weighted by atomic mass is 10.2. The molecule has 0 aromatic heterocycles. The third-order valence-corrected chi connectivity index (χ3v) is 4.23. The van der Waals surface area contributed by atoms with Gasteiger partial charge in [0, 0.05) is 13.1 Å². The highest BCUT2D eigenvalue weighted by Crippen LogP contribution is 2.07. The Morgan fingerprint density at radius 2 is 2.06 bits per heavy atom. The van der Waals surface area contributed by atoms with Crippen molar-refractivity contribution < 1.29 is 17.9 Å². The molecule has 0 spiro atoms. The smallest absolute Gasteiger partial charge is 0.306 e. The molecule has 0 aromatic carbocycles. The molecule has 0 saturated carbocycles. The molecule has 0 N–H and O–H groups in total. The largest absolute Gasteiger partial charge is 0.466 e. The second kappa shape index (κ2) is 8.06. The Kier molecular flexibility index (Phi) is 7.55. The van der Waals surface area contributed by atoms with Gasteiger partial charge in [-0.05, 0) is 13.8 Å². The maximum atomic E-state index is 11.9. The Hall–Kier alpha value is -1.13. The third-order valence-electron chi connectivity index (χ3n) is 2.31. The van der Waals surface area contributed by atoms with Crippen LogP contribution in [0.25, 0.3) is 0 Å². The molecular formula is C11H20N2O4S. The van der Waals surface area contributed by atoms with Crippen molar-refractivity contribution >= 4 is 16.0 Å². The molecule has 6 nitrogen and oxygen atoms in total. The van der Waals surface area contributed by atoms with Crippen molar-refractivity contribution in [3.8, 4) is 6.07 Å². The number of carbonyl (C=O) groups excluding carboxylic acids is 1. The van der Waals surface area contributed by atoms with Crippen LogP contribution in [0.3, 0.4) is 0 Å². The van der Waals surface area contributed by atoms with E-state index in [1.54, 1.807) is 20.8 Å². The zero-order valence-electron chi connectivity index (χ0n) is 11.0. The van der Waals surface area contributed by atoms with Gasteiger partial charge in [0.15, 0.2) is 0 Å². The van der Waals surface area contributed by atoms with Gasteiger partial charge in [-0.3, -0.25) is 4.79 Å². The standard InChI is InChI=1S/C11H20N2O4S/c1-4-13(9-10(3)8-12)18(15,16)7-6-11(14)17-5-2/h10H,4-7,9H2,1-3H3. The van der Waals surface area contributed by atoms with E-state index < -0.39 is 16.0 Å². The second-order valence-electron chi connectivity index (χ2n) is 3.85. The first kappa shape index (κ1) is 16.9. The van der Waals surface area contributed by atoms with Gasteiger partial charge in [-0.15, -0.1) is 0 Å². The summed E-state index contributed by atoms with van der Waals surface area (Å²) >= 11 is 0. The van der Waals surface area contributed by atoms with E-state index in [9.17, 15) is 13.2 Å². The molecule has 7 heteroatoms. The van der Waals surface area contributed by atoms with Gasteiger partial charge in [-0.25, -0.2) is 12.7 Å². The Labute approximate surface area is 109 Å². The van der Waals surface area contributed by atoms with Crippen molar-refractivity contribution in [2.75, 3.05) is 25.4 Å². The fourth-order valence-corrected chi connectivity index (χ4v) is 2.89. The number of nitrogens with zero attached hydrogens (tertiary/aromatic N) is 2. The summed E-state index contributed by atoms with van der Waals surface area (Å²) in [5.74, 6) is -1.18. The average Bonchev–Trinajstić information content (AvgIpc) is 2.33. The van der Waals surface area contributed by atoms with E-state index in [2.05, 4.69) is 4.74 Å².